The highest BCUT2D eigenvalue weighted by atomic mass is 16.5. The second-order valence-corrected chi connectivity index (χ2v) is 8.11. The Morgan fingerprint density at radius 1 is 0.812 bits per heavy atom. The quantitative estimate of drug-likeness (QED) is 0.416. The number of ether oxygens (including phenoxy) is 1. The number of hydrogen-bond acceptors (Lipinski definition) is 6. The molecule has 0 amide bonds. The van der Waals surface area contributed by atoms with E-state index >= 15 is 0 Å². The van der Waals surface area contributed by atoms with E-state index in [1.807, 2.05) is 60.8 Å². The lowest BCUT2D eigenvalue weighted by atomic mass is 10.1. The predicted molar refractivity (Wildman–Crippen MR) is 126 cm³/mol. The molecule has 1 saturated heterocycles. The lowest BCUT2D eigenvalue weighted by molar-refractivity contribution is 0.160. The molecule has 0 saturated carbocycles. The van der Waals surface area contributed by atoms with E-state index < -0.39 is 0 Å². The van der Waals surface area contributed by atoms with E-state index in [1.54, 1.807) is 0 Å². The maximum atomic E-state index is 6.35. The van der Waals surface area contributed by atoms with Crippen LogP contribution < -0.4 is 9.64 Å². The molecule has 2 aromatic heterocycles. The van der Waals surface area contributed by atoms with E-state index in [2.05, 4.69) is 40.0 Å². The highest BCUT2D eigenvalue weighted by molar-refractivity contribution is 5.80. The lowest BCUT2D eigenvalue weighted by Crippen LogP contribution is -2.54. The van der Waals surface area contributed by atoms with Gasteiger partial charge in [-0.1, -0.05) is 54.1 Å². The van der Waals surface area contributed by atoms with Gasteiger partial charge in [-0.3, -0.25) is 0 Å². The van der Waals surface area contributed by atoms with Crippen LogP contribution in [-0.4, -0.2) is 39.1 Å². The average molecular weight is 419 g/mol. The molecule has 0 aliphatic carbocycles. The minimum absolute atomic E-state index is 0.00379. The molecule has 0 atom stereocenters. The summed E-state index contributed by atoms with van der Waals surface area (Å²) in [5.74, 6) is 1.30. The Bertz CT molecular complexity index is 1450. The zero-order chi connectivity index (χ0) is 21.5. The maximum Gasteiger partial charge on any atom is 0.241 e. The number of aryl methyl sites for hydroxylation is 1. The fourth-order valence-corrected chi connectivity index (χ4v) is 4.00. The van der Waals surface area contributed by atoms with Crippen LogP contribution in [0.2, 0.25) is 0 Å². The fourth-order valence-electron chi connectivity index (χ4n) is 4.00. The van der Waals surface area contributed by atoms with E-state index in [1.165, 1.54) is 5.56 Å². The number of para-hydroxylation sites is 3. The smallest absolute Gasteiger partial charge is 0.241 e. The Morgan fingerprint density at radius 3 is 2.38 bits per heavy atom. The van der Waals surface area contributed by atoms with Crippen molar-refractivity contribution in [1.29, 1.82) is 0 Å². The lowest BCUT2D eigenvalue weighted by Gasteiger charge is -2.38. The van der Waals surface area contributed by atoms with Gasteiger partial charge >= 0.3 is 0 Å². The van der Waals surface area contributed by atoms with Gasteiger partial charge in [-0.05, 0) is 31.2 Å². The first kappa shape index (κ1) is 18.7. The van der Waals surface area contributed by atoms with Crippen molar-refractivity contribution < 1.29 is 4.74 Å². The van der Waals surface area contributed by atoms with Crippen molar-refractivity contribution in [1.82, 2.24) is 19.9 Å². The van der Waals surface area contributed by atoms with Crippen molar-refractivity contribution in [2.75, 3.05) is 18.0 Å². The predicted octanol–water partition coefficient (Wildman–Crippen LogP) is 4.82. The number of aromatic nitrogens is 4. The van der Waals surface area contributed by atoms with Crippen molar-refractivity contribution in [3.8, 4) is 17.1 Å². The first-order valence-corrected chi connectivity index (χ1v) is 10.7. The molecule has 156 valence electrons. The molecule has 6 nitrogen and oxygen atoms in total. The van der Waals surface area contributed by atoms with Crippen molar-refractivity contribution in [3.05, 3.63) is 84.6 Å². The first-order chi connectivity index (χ1) is 15.7. The Kier molecular flexibility index (Phi) is 4.42. The van der Waals surface area contributed by atoms with E-state index in [4.69, 9.17) is 14.7 Å². The topological polar surface area (TPSA) is 64.0 Å². The normalized spacial score (nSPS) is 14.0. The molecule has 6 heteroatoms. The van der Waals surface area contributed by atoms with Crippen molar-refractivity contribution in [2.24, 2.45) is 0 Å². The summed E-state index contributed by atoms with van der Waals surface area (Å²) in [6.45, 7) is 3.49. The van der Waals surface area contributed by atoms with Gasteiger partial charge in [-0.15, -0.1) is 0 Å². The van der Waals surface area contributed by atoms with Crippen LogP contribution in [0.1, 0.15) is 5.56 Å². The molecule has 1 fully saturated rings. The van der Waals surface area contributed by atoms with Crippen LogP contribution in [0.5, 0.6) is 5.88 Å². The third kappa shape index (κ3) is 3.39. The van der Waals surface area contributed by atoms with Crippen LogP contribution in [0.15, 0.2) is 79.0 Å². The van der Waals surface area contributed by atoms with Gasteiger partial charge in [0.15, 0.2) is 0 Å². The number of nitrogens with zero attached hydrogens (tertiary/aromatic N) is 5. The molecular weight excluding hydrogens is 398 g/mol. The molecule has 0 unspecified atom stereocenters. The summed E-state index contributed by atoms with van der Waals surface area (Å²) in [5.41, 5.74) is 5.58. The maximum absolute atomic E-state index is 6.35. The van der Waals surface area contributed by atoms with Crippen LogP contribution >= 0.6 is 0 Å². The van der Waals surface area contributed by atoms with Crippen molar-refractivity contribution in [3.63, 3.8) is 0 Å². The Morgan fingerprint density at radius 2 is 1.56 bits per heavy atom. The van der Waals surface area contributed by atoms with Gasteiger partial charge < -0.3 is 9.64 Å². The van der Waals surface area contributed by atoms with E-state index in [-0.39, 0.29) is 6.10 Å². The number of benzene rings is 3. The summed E-state index contributed by atoms with van der Waals surface area (Å²) in [7, 11) is 0. The summed E-state index contributed by atoms with van der Waals surface area (Å²) in [6.07, 6.45) is 1.88. The minimum Gasteiger partial charge on any atom is -0.469 e. The standard InChI is InChI=1S/C26H21N5O/c1-17-7-6-9-18(13-17)24-25(29-23-12-5-4-11-22(23)28-24)32-20-15-31(16-20)26-27-14-19-8-2-3-10-21(19)30-26/h2-14,20H,15-16H2,1H3. The zero-order valence-corrected chi connectivity index (χ0v) is 17.6. The molecule has 0 spiro atoms. The summed E-state index contributed by atoms with van der Waals surface area (Å²) in [4.78, 5) is 21.0. The summed E-state index contributed by atoms with van der Waals surface area (Å²) in [6, 6.07) is 24.2. The minimum atomic E-state index is 0.00379. The van der Waals surface area contributed by atoms with Gasteiger partial charge in [0.1, 0.15) is 11.8 Å². The van der Waals surface area contributed by atoms with Crippen LogP contribution in [0.3, 0.4) is 0 Å². The third-order valence-electron chi connectivity index (χ3n) is 5.72. The summed E-state index contributed by atoms with van der Waals surface area (Å²) in [5, 5.41) is 1.04. The van der Waals surface area contributed by atoms with Gasteiger partial charge in [0.2, 0.25) is 11.8 Å². The van der Waals surface area contributed by atoms with Crippen LogP contribution in [0, 0.1) is 6.92 Å². The monoisotopic (exact) mass is 419 g/mol. The Hall–Kier alpha value is -4.06. The van der Waals surface area contributed by atoms with Crippen LogP contribution in [0.25, 0.3) is 33.2 Å². The van der Waals surface area contributed by atoms with E-state index in [0.717, 1.165) is 39.1 Å². The number of rotatable bonds is 4. The van der Waals surface area contributed by atoms with E-state index in [0.29, 0.717) is 19.0 Å². The molecule has 3 aromatic carbocycles. The highest BCUT2D eigenvalue weighted by Gasteiger charge is 2.32. The second-order valence-electron chi connectivity index (χ2n) is 8.11. The van der Waals surface area contributed by atoms with Gasteiger partial charge in [0.05, 0.1) is 29.6 Å². The number of fused-ring (bicyclic) bond motifs is 2. The van der Waals surface area contributed by atoms with Crippen molar-refractivity contribution in [2.45, 2.75) is 13.0 Å². The molecule has 3 heterocycles. The molecular formula is C26H21N5O. The Labute approximate surface area is 185 Å². The molecule has 1 aliphatic heterocycles. The van der Waals surface area contributed by atoms with Crippen LogP contribution in [0.4, 0.5) is 5.95 Å². The van der Waals surface area contributed by atoms with Crippen LogP contribution in [-0.2, 0) is 0 Å². The molecule has 0 N–H and O–H groups in total. The summed E-state index contributed by atoms with van der Waals surface area (Å²) >= 11 is 0. The van der Waals surface area contributed by atoms with Gasteiger partial charge in [-0.2, -0.15) is 0 Å². The third-order valence-corrected chi connectivity index (χ3v) is 5.72. The SMILES string of the molecule is Cc1cccc(-c2nc3ccccc3nc2OC2CN(c3ncc4ccccc4n3)C2)c1. The Balaban J connectivity index is 1.28. The second kappa shape index (κ2) is 7.57. The summed E-state index contributed by atoms with van der Waals surface area (Å²) < 4.78 is 6.35. The molecule has 0 radical (unpaired) electrons. The zero-order valence-electron chi connectivity index (χ0n) is 17.6. The number of hydrogen-bond donors (Lipinski definition) is 0. The van der Waals surface area contributed by atoms with Gasteiger partial charge in [0.25, 0.3) is 0 Å². The van der Waals surface area contributed by atoms with Gasteiger partial charge in [0, 0.05) is 17.1 Å². The molecule has 32 heavy (non-hydrogen) atoms. The molecule has 1 aliphatic rings. The average Bonchev–Trinajstić information content (AvgIpc) is 2.80. The molecule has 6 rings (SSSR count). The molecule has 0 bridgehead atoms. The largest absolute Gasteiger partial charge is 0.469 e. The number of anilines is 1. The van der Waals surface area contributed by atoms with E-state index in [9.17, 15) is 0 Å². The molecule has 5 aromatic rings. The fraction of sp³-hybridized carbons (Fsp3) is 0.154. The first-order valence-electron chi connectivity index (χ1n) is 10.7. The van der Waals surface area contributed by atoms with Gasteiger partial charge in [-0.25, -0.2) is 19.9 Å². The highest BCUT2D eigenvalue weighted by Crippen LogP contribution is 2.31. The van der Waals surface area contributed by atoms with Crippen molar-refractivity contribution >= 4 is 27.9 Å².